The monoisotopic (exact) mass is 1550 g/mol. The van der Waals surface area contributed by atoms with E-state index in [0.29, 0.717) is 39.6 Å². The number of hydrogen-bond donors (Lipinski definition) is 0. The highest BCUT2D eigenvalue weighted by molar-refractivity contribution is 5.79. The average Bonchev–Trinajstić information content (AvgIpc) is 0.759. The van der Waals surface area contributed by atoms with Crippen molar-refractivity contribution in [2.45, 2.75) is 237 Å². The Morgan fingerprint density at radius 2 is 0.351 bits per heavy atom. The van der Waals surface area contributed by atoms with Gasteiger partial charge in [0.25, 0.3) is 0 Å². The maximum Gasteiger partial charge on any atom is 0.166 e. The summed E-state index contributed by atoms with van der Waals surface area (Å²) >= 11 is 0. The molecule has 7 rings (SSSR count). The zero-order chi connectivity index (χ0) is 82.0. The number of benzene rings is 7. The molecule has 7 aromatic carbocycles. The maximum atomic E-state index is 16.6. The van der Waals surface area contributed by atoms with Crippen molar-refractivity contribution in [3.8, 4) is 106 Å². The molecule has 114 heavy (non-hydrogen) atoms. The van der Waals surface area contributed by atoms with Crippen LogP contribution in [0.5, 0.6) is 34.5 Å². The van der Waals surface area contributed by atoms with E-state index in [2.05, 4.69) is 154 Å². The number of unbranched alkanes of at least 4 members (excludes halogenated alkanes) is 6. The van der Waals surface area contributed by atoms with Gasteiger partial charge in [-0.05, 0) is 183 Å². The van der Waals surface area contributed by atoms with Gasteiger partial charge in [0.1, 0.15) is 0 Å². The van der Waals surface area contributed by atoms with Crippen molar-refractivity contribution in [2.75, 3.05) is 39.6 Å². The molecule has 0 saturated heterocycles. The Kier molecular flexibility index (Phi) is 40.5. The summed E-state index contributed by atoms with van der Waals surface area (Å²) in [4.78, 5) is 0. The van der Waals surface area contributed by atoms with Crippen molar-refractivity contribution in [3.05, 3.63) is 211 Å². The molecular formula is C102H120F6O6. The van der Waals surface area contributed by atoms with E-state index in [4.69, 9.17) is 28.4 Å². The number of halogens is 6. The Morgan fingerprint density at radius 3 is 0.465 bits per heavy atom. The molecule has 606 valence electrons. The van der Waals surface area contributed by atoms with Gasteiger partial charge in [-0.2, -0.15) is 0 Å². The highest BCUT2D eigenvalue weighted by Crippen LogP contribution is 2.33. The second-order valence-electron chi connectivity index (χ2n) is 30.0. The van der Waals surface area contributed by atoms with Crippen molar-refractivity contribution < 1.29 is 54.8 Å². The first-order chi connectivity index (χ1) is 55.4. The highest BCUT2D eigenvalue weighted by Gasteiger charge is 2.23. The van der Waals surface area contributed by atoms with Gasteiger partial charge in [0.2, 0.25) is 0 Å². The lowest BCUT2D eigenvalue weighted by molar-refractivity contribution is 0.225. The van der Waals surface area contributed by atoms with Crippen molar-refractivity contribution in [1.82, 2.24) is 0 Å². The molecule has 0 aliphatic carbocycles. The maximum absolute atomic E-state index is 16.6. The van der Waals surface area contributed by atoms with E-state index in [1.807, 2.05) is 0 Å². The van der Waals surface area contributed by atoms with Crippen LogP contribution in [0.25, 0.3) is 0 Å². The molecule has 0 aliphatic rings. The lowest BCUT2D eigenvalue weighted by atomic mass is 9.86. The Morgan fingerprint density at radius 1 is 0.211 bits per heavy atom. The van der Waals surface area contributed by atoms with Gasteiger partial charge in [0.05, 0.1) is 73.0 Å². The molecular weight excluding hydrogens is 1440 g/mol. The van der Waals surface area contributed by atoms with Crippen LogP contribution in [0.15, 0.2) is 109 Å². The first kappa shape index (κ1) is 91.5. The summed E-state index contributed by atoms with van der Waals surface area (Å²) in [7, 11) is 0. The summed E-state index contributed by atoms with van der Waals surface area (Å²) in [6, 6.07) is 26.7. The molecule has 0 radical (unpaired) electrons. The quantitative estimate of drug-likeness (QED) is 0.0281. The molecule has 0 aromatic heterocycles. The molecule has 0 spiro atoms. The summed E-state index contributed by atoms with van der Waals surface area (Å²) in [5, 5.41) is 0. The number of hydrogen-bond acceptors (Lipinski definition) is 6. The second kappa shape index (κ2) is 50.5. The van der Waals surface area contributed by atoms with Crippen LogP contribution in [-0.4, -0.2) is 39.6 Å². The zero-order valence-corrected chi connectivity index (χ0v) is 69.8. The Balaban J connectivity index is 1.64. The molecule has 12 heteroatoms. The Bertz CT molecular complexity index is 3830. The minimum Gasteiger partial charge on any atom is -0.490 e. The molecule has 6 nitrogen and oxygen atoms in total. The lowest BCUT2D eigenvalue weighted by Crippen LogP contribution is -2.12. The molecule has 0 bridgehead atoms. The minimum absolute atomic E-state index is 0.0539. The zero-order valence-electron chi connectivity index (χ0n) is 69.8. The molecule has 6 unspecified atom stereocenters. The largest absolute Gasteiger partial charge is 0.490 e. The topological polar surface area (TPSA) is 55.4 Å². The SMILES string of the molecule is CCCCC(CC)COc1ccc(C#Cc2c(C#Cc3ccc(OCC(CC)CCCC)c(F)c3)c(C#Cc3ccc(OCC(CC)CCCC)c(F)c3)c(C#Cc3ccc(OCC(CC)CCCC)c(F)c3)c(C#Cc3ccc(OCC(CC)CCCC)c(F)c3)c2C#Cc2ccc(OCC(CC)CCCC)c(F)c2)cc1F. The molecule has 0 saturated carbocycles. The fraction of sp³-hybridized carbons (Fsp3) is 0.471. The third kappa shape index (κ3) is 29.6. The summed E-state index contributed by atoms with van der Waals surface area (Å²) in [5.41, 5.74) is 1.72. The van der Waals surface area contributed by atoms with E-state index in [9.17, 15) is 0 Å². The molecule has 0 fully saturated rings. The van der Waals surface area contributed by atoms with Crippen LogP contribution >= 0.6 is 0 Å². The van der Waals surface area contributed by atoms with Crippen LogP contribution in [0.3, 0.4) is 0 Å². The normalized spacial score (nSPS) is 12.4. The van der Waals surface area contributed by atoms with E-state index in [-0.39, 0.29) is 137 Å². The molecule has 0 amide bonds. The lowest BCUT2D eigenvalue weighted by Gasteiger charge is -2.16. The van der Waals surface area contributed by atoms with Gasteiger partial charge in [0, 0.05) is 33.4 Å². The molecule has 6 atom stereocenters. The fourth-order valence-corrected chi connectivity index (χ4v) is 13.1. The standard InChI is InChI=1S/C102H120F6O6/c1-13-25-31-73(19-7)67-109-97-55-43-79(61-91(97)103)37-49-85-86(50-38-80-44-56-98(92(104)62-80)110-68-74(20-8)32-26-14-2)88(52-40-82-46-58-100(94(106)64-82)112-70-76(22-10)34-28-16-4)90(54-42-84-48-60-102(96(108)66-84)114-72-78(24-12)36-30-18-6)89(53-41-83-47-59-101(95(107)65-83)113-71-77(23-11)35-29-17-5)87(85)51-39-81-45-57-99(93(105)63-81)111-69-75(21-9)33-27-15-3/h43-48,55-66,73-78H,13-36,67-72H2,1-12H3. The van der Waals surface area contributed by atoms with E-state index < -0.39 is 34.9 Å². The minimum atomic E-state index is -0.652. The van der Waals surface area contributed by atoms with E-state index >= 15 is 26.3 Å². The van der Waals surface area contributed by atoms with Crippen molar-refractivity contribution in [1.29, 1.82) is 0 Å². The molecule has 0 aliphatic heterocycles. The predicted octanol–water partition coefficient (Wildman–Crippen LogP) is 26.5. The van der Waals surface area contributed by atoms with E-state index in [1.165, 1.54) is 72.8 Å². The van der Waals surface area contributed by atoms with Crippen LogP contribution in [-0.2, 0) is 0 Å². The number of rotatable bonds is 42. The number of ether oxygens (including phenoxy) is 6. The van der Waals surface area contributed by atoms with Crippen molar-refractivity contribution in [2.24, 2.45) is 35.5 Å². The first-order valence-electron chi connectivity index (χ1n) is 42.4. The van der Waals surface area contributed by atoms with Crippen molar-refractivity contribution >= 4 is 0 Å². The predicted molar refractivity (Wildman–Crippen MR) is 454 cm³/mol. The van der Waals surface area contributed by atoms with Gasteiger partial charge >= 0.3 is 0 Å². The van der Waals surface area contributed by atoms with Gasteiger partial charge in [-0.1, -0.05) is 270 Å². The highest BCUT2D eigenvalue weighted by atomic mass is 19.1. The van der Waals surface area contributed by atoms with Gasteiger partial charge < -0.3 is 28.4 Å². The van der Waals surface area contributed by atoms with Gasteiger partial charge in [0.15, 0.2) is 69.4 Å². The van der Waals surface area contributed by atoms with E-state index in [0.717, 1.165) is 154 Å². The third-order valence-electron chi connectivity index (χ3n) is 21.2. The van der Waals surface area contributed by atoms with Crippen LogP contribution < -0.4 is 28.4 Å². The average molecular weight is 1560 g/mol. The van der Waals surface area contributed by atoms with Crippen LogP contribution in [0.4, 0.5) is 26.3 Å². The fourth-order valence-electron chi connectivity index (χ4n) is 13.1. The molecule has 7 aromatic rings. The summed E-state index contributed by atoms with van der Waals surface area (Å²) in [6.07, 6.45) is 23.0. The van der Waals surface area contributed by atoms with Crippen molar-refractivity contribution in [3.63, 3.8) is 0 Å². The van der Waals surface area contributed by atoms with Crippen LogP contribution in [0.2, 0.25) is 0 Å². The van der Waals surface area contributed by atoms with Gasteiger partial charge in [-0.25, -0.2) is 26.3 Å². The smallest absolute Gasteiger partial charge is 0.166 e. The molecule has 0 heterocycles. The first-order valence-corrected chi connectivity index (χ1v) is 42.4. The third-order valence-corrected chi connectivity index (χ3v) is 21.2. The summed E-state index contributed by atoms with van der Waals surface area (Å²) in [6.45, 7) is 27.3. The molecule has 0 N–H and O–H groups in total. The van der Waals surface area contributed by atoms with Crippen LogP contribution in [0, 0.1) is 141 Å². The van der Waals surface area contributed by atoms with Crippen LogP contribution in [0.1, 0.15) is 304 Å². The van der Waals surface area contributed by atoms with Gasteiger partial charge in [-0.3, -0.25) is 0 Å². The van der Waals surface area contributed by atoms with E-state index in [1.54, 1.807) is 36.4 Å². The Labute approximate surface area is 679 Å². The second-order valence-corrected chi connectivity index (χ2v) is 30.0. The Hall–Kier alpha value is -9.72. The summed E-state index contributed by atoms with van der Waals surface area (Å²) < 4.78 is 136. The summed E-state index contributed by atoms with van der Waals surface area (Å²) in [5.74, 6) is 36.9. The van der Waals surface area contributed by atoms with Gasteiger partial charge in [-0.15, -0.1) is 0 Å².